The van der Waals surface area contributed by atoms with Gasteiger partial charge in [-0.05, 0) is 59.7 Å². The molecule has 2 aliphatic rings. The van der Waals surface area contributed by atoms with Gasteiger partial charge in [0.1, 0.15) is 24.6 Å². The number of rotatable bonds is 8. The molecule has 0 radical (unpaired) electrons. The molecule has 2 heterocycles. The molecule has 4 aromatic carbocycles. The second-order valence-electron chi connectivity index (χ2n) is 11.1. The van der Waals surface area contributed by atoms with Gasteiger partial charge in [-0.2, -0.15) is 0 Å². The average molecular weight is 603 g/mol. The largest absolute Gasteiger partial charge is 0.425 e. The molecule has 0 unspecified atom stereocenters. The van der Waals surface area contributed by atoms with Crippen LogP contribution in [0.4, 0.5) is 0 Å². The van der Waals surface area contributed by atoms with Crippen LogP contribution >= 0.6 is 0 Å². The van der Waals surface area contributed by atoms with Crippen LogP contribution in [0.2, 0.25) is 0 Å². The predicted octanol–water partition coefficient (Wildman–Crippen LogP) is 4.42. The molecule has 0 aliphatic carbocycles. The van der Waals surface area contributed by atoms with Gasteiger partial charge in [-0.25, -0.2) is 9.59 Å². The Hall–Kier alpha value is -5.90. The summed E-state index contributed by atoms with van der Waals surface area (Å²) >= 11 is 0. The highest BCUT2D eigenvalue weighted by Crippen LogP contribution is 2.33. The number of hydrogen-bond acceptors (Lipinski definition) is 8. The summed E-state index contributed by atoms with van der Waals surface area (Å²) < 4.78 is 10.8. The highest BCUT2D eigenvalue weighted by atomic mass is 16.5. The summed E-state index contributed by atoms with van der Waals surface area (Å²) in [6.45, 7) is 2.99. The van der Waals surface area contributed by atoms with Crippen molar-refractivity contribution < 1.29 is 38.2 Å². The number of nitrogens with zero attached hydrogens (tertiary/aromatic N) is 2. The van der Waals surface area contributed by atoms with Gasteiger partial charge in [0.25, 0.3) is 23.6 Å². The minimum Gasteiger partial charge on any atom is -0.425 e. The van der Waals surface area contributed by atoms with Crippen LogP contribution in [0.25, 0.3) is 0 Å². The van der Waals surface area contributed by atoms with Gasteiger partial charge in [-0.1, -0.05) is 62.4 Å². The summed E-state index contributed by atoms with van der Waals surface area (Å²) in [4.78, 5) is 77.0. The Morgan fingerprint density at radius 3 is 1.09 bits per heavy atom. The van der Waals surface area contributed by atoms with Crippen LogP contribution in [0.3, 0.4) is 0 Å². The Bertz CT molecular complexity index is 1690. The molecule has 10 nitrogen and oxygen atoms in total. The number of carbonyl (C=O) groups excluding carboxylic acids is 6. The first-order chi connectivity index (χ1) is 21.5. The molecule has 0 aromatic heterocycles. The van der Waals surface area contributed by atoms with Crippen molar-refractivity contribution in [1.82, 2.24) is 9.80 Å². The van der Waals surface area contributed by atoms with Gasteiger partial charge >= 0.3 is 11.9 Å². The van der Waals surface area contributed by atoms with Crippen molar-refractivity contribution in [1.29, 1.82) is 0 Å². The Morgan fingerprint density at radius 2 is 0.800 bits per heavy atom. The minimum absolute atomic E-state index is 0.259. The van der Waals surface area contributed by atoms with Crippen LogP contribution in [0.1, 0.15) is 66.4 Å². The molecule has 0 N–H and O–H groups in total. The van der Waals surface area contributed by atoms with E-state index in [9.17, 15) is 28.8 Å². The van der Waals surface area contributed by atoms with E-state index in [1.165, 1.54) is 0 Å². The Balaban J connectivity index is 1.05. The third-order valence-corrected chi connectivity index (χ3v) is 7.95. The van der Waals surface area contributed by atoms with Crippen molar-refractivity contribution in [2.24, 2.45) is 0 Å². The number of carbonyl (C=O) groups is 6. The number of esters is 2. The number of fused-ring (bicyclic) bond motifs is 2. The van der Waals surface area contributed by atoms with Crippen LogP contribution in [0.5, 0.6) is 11.5 Å². The molecular weight excluding hydrogens is 576 g/mol. The molecule has 0 bridgehead atoms. The Kier molecular flexibility index (Phi) is 7.33. The predicted molar refractivity (Wildman–Crippen MR) is 160 cm³/mol. The van der Waals surface area contributed by atoms with E-state index in [1.807, 2.05) is 13.8 Å². The van der Waals surface area contributed by atoms with E-state index in [0.29, 0.717) is 0 Å². The van der Waals surface area contributed by atoms with E-state index in [2.05, 4.69) is 0 Å². The highest BCUT2D eigenvalue weighted by Gasteiger charge is 2.38. The molecule has 2 aliphatic heterocycles. The van der Waals surface area contributed by atoms with E-state index >= 15 is 0 Å². The van der Waals surface area contributed by atoms with Crippen LogP contribution in [-0.4, -0.2) is 58.5 Å². The topological polar surface area (TPSA) is 127 Å². The van der Waals surface area contributed by atoms with E-state index in [-0.39, 0.29) is 33.8 Å². The molecule has 4 amide bonds. The van der Waals surface area contributed by atoms with Crippen LogP contribution in [0.15, 0.2) is 97.1 Å². The highest BCUT2D eigenvalue weighted by molar-refractivity contribution is 6.23. The van der Waals surface area contributed by atoms with E-state index in [1.54, 1.807) is 97.1 Å². The SMILES string of the molecule is CC(C)(c1ccc(OC(=O)CN2C(=O)c3ccccc3C2=O)cc1)c1ccc(OC(=O)CN2C(=O)c3ccccc3C2=O)cc1. The third kappa shape index (κ3) is 5.38. The molecule has 10 heteroatoms. The first-order valence-corrected chi connectivity index (χ1v) is 14.1. The van der Waals surface area contributed by atoms with E-state index in [0.717, 1.165) is 20.9 Å². The smallest absolute Gasteiger partial charge is 0.331 e. The van der Waals surface area contributed by atoms with Crippen molar-refractivity contribution in [3.05, 3.63) is 130 Å². The molecule has 6 rings (SSSR count). The number of imide groups is 2. The van der Waals surface area contributed by atoms with Crippen LogP contribution in [-0.2, 0) is 15.0 Å². The summed E-state index contributed by atoms with van der Waals surface area (Å²) in [7, 11) is 0. The Morgan fingerprint density at radius 1 is 0.511 bits per heavy atom. The van der Waals surface area contributed by atoms with Crippen molar-refractivity contribution in [3.8, 4) is 11.5 Å². The lowest BCUT2D eigenvalue weighted by molar-refractivity contribution is -0.135. The van der Waals surface area contributed by atoms with Crippen molar-refractivity contribution in [3.63, 3.8) is 0 Å². The lowest BCUT2D eigenvalue weighted by atomic mass is 9.78. The van der Waals surface area contributed by atoms with Gasteiger partial charge in [0, 0.05) is 5.41 Å². The second-order valence-corrected chi connectivity index (χ2v) is 11.1. The molecular formula is C35H26N2O8. The average Bonchev–Trinajstić information content (AvgIpc) is 3.42. The fourth-order valence-corrected chi connectivity index (χ4v) is 5.40. The maximum atomic E-state index is 12.6. The first-order valence-electron chi connectivity index (χ1n) is 14.1. The number of benzene rings is 4. The molecule has 0 fully saturated rings. The number of amides is 4. The zero-order valence-corrected chi connectivity index (χ0v) is 24.3. The zero-order chi connectivity index (χ0) is 31.9. The van der Waals surface area contributed by atoms with Gasteiger partial charge in [0.15, 0.2) is 0 Å². The number of ether oxygens (including phenoxy) is 2. The summed E-state index contributed by atoms with van der Waals surface area (Å²) in [5.41, 5.74) is 2.34. The molecule has 0 saturated heterocycles. The lowest BCUT2D eigenvalue weighted by Crippen LogP contribution is -2.36. The van der Waals surface area contributed by atoms with E-state index in [4.69, 9.17) is 9.47 Å². The van der Waals surface area contributed by atoms with Crippen molar-refractivity contribution >= 4 is 35.6 Å². The fourth-order valence-electron chi connectivity index (χ4n) is 5.40. The maximum Gasteiger partial charge on any atom is 0.331 e. The molecule has 224 valence electrons. The molecule has 4 aromatic rings. The molecule has 45 heavy (non-hydrogen) atoms. The van der Waals surface area contributed by atoms with Crippen molar-refractivity contribution in [2.45, 2.75) is 19.3 Å². The summed E-state index contributed by atoms with van der Waals surface area (Å²) in [5.74, 6) is -3.11. The molecule has 0 atom stereocenters. The minimum atomic E-state index is -0.746. The summed E-state index contributed by atoms with van der Waals surface area (Å²) in [5, 5.41) is 0. The summed E-state index contributed by atoms with van der Waals surface area (Å²) in [6.07, 6.45) is 0. The zero-order valence-electron chi connectivity index (χ0n) is 24.3. The van der Waals surface area contributed by atoms with Crippen molar-refractivity contribution in [2.75, 3.05) is 13.1 Å². The van der Waals surface area contributed by atoms with Gasteiger partial charge in [-0.15, -0.1) is 0 Å². The summed E-state index contributed by atoms with van der Waals surface area (Å²) in [6, 6.07) is 26.5. The number of hydrogen-bond donors (Lipinski definition) is 0. The maximum absolute atomic E-state index is 12.6. The monoisotopic (exact) mass is 602 g/mol. The van der Waals surface area contributed by atoms with Crippen LogP contribution < -0.4 is 9.47 Å². The van der Waals surface area contributed by atoms with Crippen LogP contribution in [0, 0.1) is 0 Å². The molecule has 0 spiro atoms. The third-order valence-electron chi connectivity index (χ3n) is 7.95. The lowest BCUT2D eigenvalue weighted by Gasteiger charge is -2.26. The Labute approximate surface area is 257 Å². The van der Waals surface area contributed by atoms with Gasteiger partial charge in [0.2, 0.25) is 0 Å². The van der Waals surface area contributed by atoms with Gasteiger partial charge < -0.3 is 9.47 Å². The normalized spacial score (nSPS) is 14.0. The van der Waals surface area contributed by atoms with Gasteiger partial charge in [0.05, 0.1) is 22.3 Å². The van der Waals surface area contributed by atoms with E-state index < -0.39 is 54.1 Å². The second kappa shape index (κ2) is 11.3. The molecule has 0 saturated carbocycles. The fraction of sp³-hybridized carbons (Fsp3) is 0.143. The standard InChI is InChI=1S/C35H26N2O8/c1-35(2,21-11-15-23(16-12-21)44-29(38)19-36-31(40)25-7-3-4-8-26(25)32(36)41)22-13-17-24(18-14-22)45-30(39)20-37-33(42)27-9-5-6-10-28(27)34(37)43/h3-18H,19-20H2,1-2H3. The van der Waals surface area contributed by atoms with Gasteiger partial charge in [-0.3, -0.25) is 29.0 Å². The first kappa shape index (κ1) is 29.2. The quantitative estimate of drug-likeness (QED) is 0.165.